The van der Waals surface area contributed by atoms with Crippen LogP contribution in [0.5, 0.6) is 0 Å². The van der Waals surface area contributed by atoms with E-state index < -0.39 is 0 Å². The van der Waals surface area contributed by atoms with Gasteiger partial charge in [0.1, 0.15) is 0 Å². The normalized spacial score (nSPS) is 20.5. The quantitative estimate of drug-likeness (QED) is 0.739. The summed E-state index contributed by atoms with van der Waals surface area (Å²) in [5, 5.41) is 9.00. The Morgan fingerprint density at radius 1 is 0.933 bits per heavy atom. The summed E-state index contributed by atoms with van der Waals surface area (Å²) in [6.45, 7) is 4.23. The molecule has 4 nitrogen and oxygen atoms in total. The molecule has 1 saturated heterocycles. The number of hydrogen-bond donors (Lipinski definition) is 0. The monoisotopic (exact) mass is 399 g/mol. The number of benzene rings is 2. The van der Waals surface area contributed by atoms with Gasteiger partial charge in [0.15, 0.2) is 0 Å². The molecule has 3 aliphatic rings. The summed E-state index contributed by atoms with van der Waals surface area (Å²) >= 11 is 0. The molecule has 0 aromatic heterocycles. The minimum Gasteiger partial charge on any atom is -0.331 e. The molecule has 0 spiro atoms. The molecular weight excluding hydrogens is 370 g/mol. The van der Waals surface area contributed by atoms with E-state index in [4.69, 9.17) is 5.26 Å². The molecule has 0 radical (unpaired) electrons. The summed E-state index contributed by atoms with van der Waals surface area (Å²) in [7, 11) is 0. The maximum Gasteiger partial charge on any atom is 0.254 e. The molecule has 0 unspecified atom stereocenters. The number of piperidine rings is 1. The molecular formula is C26H29N3O. The maximum absolute atomic E-state index is 13.1. The molecule has 0 N–H and O–H groups in total. The van der Waals surface area contributed by atoms with Crippen LogP contribution in [0.3, 0.4) is 0 Å². The molecule has 1 aliphatic carbocycles. The van der Waals surface area contributed by atoms with Crippen molar-refractivity contribution in [3.8, 4) is 17.2 Å². The van der Waals surface area contributed by atoms with Gasteiger partial charge in [0.25, 0.3) is 5.91 Å². The van der Waals surface area contributed by atoms with Gasteiger partial charge in [-0.2, -0.15) is 5.26 Å². The Hall–Kier alpha value is -2.64. The van der Waals surface area contributed by atoms with Crippen molar-refractivity contribution in [1.29, 1.82) is 5.26 Å². The van der Waals surface area contributed by atoms with Crippen LogP contribution in [0, 0.1) is 17.2 Å². The topological polar surface area (TPSA) is 47.3 Å². The zero-order valence-corrected chi connectivity index (χ0v) is 17.5. The van der Waals surface area contributed by atoms with Gasteiger partial charge in [0.05, 0.1) is 11.6 Å². The SMILES string of the molecule is N#Cc1ccc(-c2ccc3c(c2)CN(C2CCN(CC4CCCC4)CC2)C3=O)cc1. The van der Waals surface area contributed by atoms with Gasteiger partial charge >= 0.3 is 0 Å². The number of carbonyl (C=O) groups is 1. The van der Waals surface area contributed by atoms with Gasteiger partial charge < -0.3 is 9.80 Å². The number of fused-ring (bicyclic) bond motifs is 1. The highest BCUT2D eigenvalue weighted by atomic mass is 16.2. The smallest absolute Gasteiger partial charge is 0.254 e. The van der Waals surface area contributed by atoms with Crippen LogP contribution in [-0.4, -0.2) is 41.4 Å². The van der Waals surface area contributed by atoms with Crippen LogP contribution in [-0.2, 0) is 6.54 Å². The van der Waals surface area contributed by atoms with Crippen molar-refractivity contribution in [2.75, 3.05) is 19.6 Å². The van der Waals surface area contributed by atoms with Crippen LogP contribution < -0.4 is 0 Å². The van der Waals surface area contributed by atoms with Crippen LogP contribution in [0.25, 0.3) is 11.1 Å². The number of nitrogens with zero attached hydrogens (tertiary/aromatic N) is 3. The van der Waals surface area contributed by atoms with Crippen molar-refractivity contribution >= 4 is 5.91 Å². The van der Waals surface area contributed by atoms with Crippen molar-refractivity contribution in [1.82, 2.24) is 9.80 Å². The molecule has 2 aromatic rings. The lowest BCUT2D eigenvalue weighted by Crippen LogP contribution is -2.45. The summed E-state index contributed by atoms with van der Waals surface area (Å²) < 4.78 is 0. The number of hydrogen-bond acceptors (Lipinski definition) is 3. The molecule has 5 rings (SSSR count). The molecule has 0 atom stereocenters. The predicted molar refractivity (Wildman–Crippen MR) is 118 cm³/mol. The van der Waals surface area contributed by atoms with E-state index >= 15 is 0 Å². The van der Waals surface area contributed by atoms with Gasteiger partial charge in [-0.3, -0.25) is 4.79 Å². The second-order valence-electron chi connectivity index (χ2n) is 9.18. The first kappa shape index (κ1) is 19.3. The van der Waals surface area contributed by atoms with Crippen LogP contribution in [0.2, 0.25) is 0 Å². The Balaban J connectivity index is 1.24. The predicted octanol–water partition coefficient (Wildman–Crippen LogP) is 4.84. The number of amides is 1. The van der Waals surface area contributed by atoms with Gasteiger partial charge in [0, 0.05) is 37.8 Å². The van der Waals surface area contributed by atoms with E-state index in [0.717, 1.165) is 60.6 Å². The largest absolute Gasteiger partial charge is 0.331 e. The number of carbonyl (C=O) groups excluding carboxylic acids is 1. The van der Waals surface area contributed by atoms with E-state index in [9.17, 15) is 4.79 Å². The van der Waals surface area contributed by atoms with Crippen LogP contribution in [0.4, 0.5) is 0 Å². The second kappa shape index (κ2) is 8.24. The van der Waals surface area contributed by atoms with Gasteiger partial charge in [-0.15, -0.1) is 0 Å². The minimum atomic E-state index is 0.200. The van der Waals surface area contributed by atoms with Gasteiger partial charge in [-0.05, 0) is 72.6 Å². The lowest BCUT2D eigenvalue weighted by molar-refractivity contribution is 0.0582. The zero-order valence-electron chi connectivity index (χ0n) is 17.5. The Morgan fingerprint density at radius 3 is 2.33 bits per heavy atom. The van der Waals surface area contributed by atoms with Crippen LogP contribution >= 0.6 is 0 Å². The summed E-state index contributed by atoms with van der Waals surface area (Å²) in [4.78, 5) is 17.8. The summed E-state index contributed by atoms with van der Waals surface area (Å²) in [5.41, 5.74) is 4.86. The highest BCUT2D eigenvalue weighted by molar-refractivity contribution is 5.99. The Morgan fingerprint density at radius 2 is 1.63 bits per heavy atom. The van der Waals surface area contributed by atoms with Gasteiger partial charge in [0.2, 0.25) is 0 Å². The third kappa shape index (κ3) is 3.75. The van der Waals surface area contributed by atoms with Crippen molar-refractivity contribution in [3.63, 3.8) is 0 Å². The molecule has 2 aliphatic heterocycles. The molecule has 2 fully saturated rings. The van der Waals surface area contributed by atoms with Crippen molar-refractivity contribution in [3.05, 3.63) is 59.2 Å². The van der Waals surface area contributed by atoms with Crippen molar-refractivity contribution < 1.29 is 4.79 Å². The zero-order chi connectivity index (χ0) is 20.5. The standard InChI is InChI=1S/C26H29N3O/c27-16-19-5-7-21(8-6-19)22-9-10-25-23(15-22)18-29(26(25)30)24-11-13-28(14-12-24)17-20-3-1-2-4-20/h5-10,15,20,24H,1-4,11-14,17-18H2. The Kier molecular flexibility index (Phi) is 5.31. The maximum atomic E-state index is 13.1. The third-order valence-electron chi connectivity index (χ3n) is 7.27. The van der Waals surface area contributed by atoms with E-state index in [1.54, 1.807) is 0 Å². The second-order valence-corrected chi connectivity index (χ2v) is 9.18. The first-order valence-corrected chi connectivity index (χ1v) is 11.4. The average molecular weight is 400 g/mol. The third-order valence-corrected chi connectivity index (χ3v) is 7.27. The lowest BCUT2D eigenvalue weighted by atomic mass is 10.00. The van der Waals surface area contributed by atoms with Gasteiger partial charge in [-0.1, -0.05) is 31.0 Å². The molecule has 1 saturated carbocycles. The Bertz CT molecular complexity index is 961. The first-order chi connectivity index (χ1) is 14.7. The van der Waals surface area contributed by atoms with E-state index in [-0.39, 0.29) is 5.91 Å². The molecule has 0 bridgehead atoms. The Labute approximate surface area is 179 Å². The summed E-state index contributed by atoms with van der Waals surface area (Å²) in [5.74, 6) is 1.10. The summed E-state index contributed by atoms with van der Waals surface area (Å²) in [6.07, 6.45) is 7.81. The molecule has 2 heterocycles. The molecule has 30 heavy (non-hydrogen) atoms. The van der Waals surface area contributed by atoms with E-state index in [2.05, 4.69) is 21.9 Å². The highest BCUT2D eigenvalue weighted by Gasteiger charge is 2.35. The fourth-order valence-corrected chi connectivity index (χ4v) is 5.53. The first-order valence-electron chi connectivity index (χ1n) is 11.4. The number of rotatable bonds is 4. The van der Waals surface area contributed by atoms with Crippen LogP contribution in [0.15, 0.2) is 42.5 Å². The number of nitriles is 1. The molecule has 154 valence electrons. The highest BCUT2D eigenvalue weighted by Crippen LogP contribution is 2.33. The summed E-state index contributed by atoms with van der Waals surface area (Å²) in [6, 6.07) is 16.4. The van der Waals surface area contributed by atoms with Crippen molar-refractivity contribution in [2.45, 2.75) is 51.1 Å². The average Bonchev–Trinajstić information content (AvgIpc) is 3.42. The fourth-order valence-electron chi connectivity index (χ4n) is 5.53. The number of likely N-dealkylation sites (tertiary alicyclic amines) is 1. The minimum absolute atomic E-state index is 0.200. The molecule has 4 heteroatoms. The van der Waals surface area contributed by atoms with Gasteiger partial charge in [-0.25, -0.2) is 0 Å². The van der Waals surface area contributed by atoms with Crippen LogP contribution in [0.1, 0.15) is 60.0 Å². The van der Waals surface area contributed by atoms with E-state index in [0.29, 0.717) is 11.6 Å². The van der Waals surface area contributed by atoms with E-state index in [1.165, 1.54) is 32.2 Å². The molecule has 1 amide bonds. The fraction of sp³-hybridized carbons (Fsp3) is 0.462. The van der Waals surface area contributed by atoms with E-state index in [1.807, 2.05) is 36.4 Å². The van der Waals surface area contributed by atoms with Crippen molar-refractivity contribution in [2.24, 2.45) is 5.92 Å². The lowest BCUT2D eigenvalue weighted by Gasteiger charge is -2.37. The molecule has 2 aromatic carbocycles.